The zero-order chi connectivity index (χ0) is 12.8. The van der Waals surface area contributed by atoms with E-state index in [9.17, 15) is 0 Å². The van der Waals surface area contributed by atoms with Crippen LogP contribution in [0.15, 0.2) is 42.7 Å². The van der Waals surface area contributed by atoms with Gasteiger partial charge in [-0.1, -0.05) is 17.7 Å². The Kier molecular flexibility index (Phi) is 4.56. The van der Waals surface area contributed by atoms with Crippen LogP contribution in [0.5, 0.6) is 5.75 Å². The summed E-state index contributed by atoms with van der Waals surface area (Å²) < 4.78 is 5.79. The molecule has 2 aromatic rings. The van der Waals surface area contributed by atoms with E-state index in [0.29, 0.717) is 11.6 Å². The molecule has 0 atom stereocenters. The van der Waals surface area contributed by atoms with Crippen LogP contribution in [-0.4, -0.2) is 12.0 Å². The second-order valence-electron chi connectivity index (χ2n) is 3.93. The lowest BCUT2D eigenvalue weighted by Crippen LogP contribution is -2.07. The van der Waals surface area contributed by atoms with E-state index >= 15 is 0 Å². The fourth-order valence-corrected chi connectivity index (χ4v) is 1.86. The van der Waals surface area contributed by atoms with Crippen LogP contribution >= 0.6 is 11.6 Å². The Bertz CT molecular complexity index is 502. The van der Waals surface area contributed by atoms with Crippen LogP contribution in [0.4, 0.5) is 0 Å². The van der Waals surface area contributed by atoms with E-state index in [-0.39, 0.29) is 0 Å². The van der Waals surface area contributed by atoms with Gasteiger partial charge in [0.1, 0.15) is 12.4 Å². The molecule has 2 rings (SSSR count). The lowest BCUT2D eigenvalue weighted by Gasteiger charge is -2.11. The summed E-state index contributed by atoms with van der Waals surface area (Å²) in [7, 11) is 1.89. The molecule has 1 aromatic carbocycles. The number of hydrogen-bond acceptors (Lipinski definition) is 3. The topological polar surface area (TPSA) is 34.1 Å². The number of halogens is 1. The first-order chi connectivity index (χ1) is 8.79. The molecule has 18 heavy (non-hydrogen) atoms. The van der Waals surface area contributed by atoms with Crippen molar-refractivity contribution in [2.45, 2.75) is 13.2 Å². The molecule has 0 saturated carbocycles. The second kappa shape index (κ2) is 6.38. The second-order valence-corrected chi connectivity index (χ2v) is 4.37. The Balaban J connectivity index is 2.09. The van der Waals surface area contributed by atoms with Gasteiger partial charge in [0.2, 0.25) is 0 Å². The first-order valence-corrected chi connectivity index (χ1v) is 6.12. The van der Waals surface area contributed by atoms with E-state index < -0.39 is 0 Å². The molecular weight excluding hydrogens is 248 g/mol. The fourth-order valence-electron chi connectivity index (χ4n) is 1.66. The third-order valence-corrected chi connectivity index (χ3v) is 2.74. The summed E-state index contributed by atoms with van der Waals surface area (Å²) in [5, 5.41) is 3.82. The molecule has 0 aliphatic rings. The first-order valence-electron chi connectivity index (χ1n) is 5.74. The molecular formula is C14H15ClN2O. The minimum atomic E-state index is 0.506. The lowest BCUT2D eigenvalue weighted by atomic mass is 10.2. The quantitative estimate of drug-likeness (QED) is 0.899. The Morgan fingerprint density at radius 3 is 2.94 bits per heavy atom. The Morgan fingerprint density at radius 2 is 2.22 bits per heavy atom. The Morgan fingerprint density at radius 1 is 1.33 bits per heavy atom. The van der Waals surface area contributed by atoms with Crippen molar-refractivity contribution in [1.29, 1.82) is 0 Å². The van der Waals surface area contributed by atoms with Crippen molar-refractivity contribution >= 4 is 11.6 Å². The number of hydrogen-bond donors (Lipinski definition) is 1. The molecule has 0 spiro atoms. The minimum Gasteiger partial charge on any atom is -0.489 e. The molecule has 0 aliphatic carbocycles. The maximum atomic E-state index is 5.98. The number of aromatic nitrogens is 1. The van der Waals surface area contributed by atoms with Crippen molar-refractivity contribution in [2.24, 2.45) is 0 Å². The molecule has 0 aliphatic heterocycles. The van der Waals surface area contributed by atoms with Crippen molar-refractivity contribution in [3.8, 4) is 5.75 Å². The first kappa shape index (κ1) is 12.9. The van der Waals surface area contributed by atoms with Crippen molar-refractivity contribution in [3.63, 3.8) is 0 Å². The highest BCUT2D eigenvalue weighted by molar-refractivity contribution is 6.30. The maximum Gasteiger partial charge on any atom is 0.124 e. The molecule has 0 fully saturated rings. The van der Waals surface area contributed by atoms with Gasteiger partial charge in [0.25, 0.3) is 0 Å². The highest BCUT2D eigenvalue weighted by atomic mass is 35.5. The van der Waals surface area contributed by atoms with Crippen LogP contribution < -0.4 is 10.1 Å². The summed E-state index contributed by atoms with van der Waals surface area (Å²) in [5.41, 5.74) is 2.09. The monoisotopic (exact) mass is 262 g/mol. The fraction of sp³-hybridized carbons (Fsp3) is 0.214. The third-order valence-electron chi connectivity index (χ3n) is 2.51. The number of benzene rings is 1. The molecule has 0 radical (unpaired) electrons. The molecule has 4 heteroatoms. The zero-order valence-electron chi connectivity index (χ0n) is 10.2. The smallest absolute Gasteiger partial charge is 0.124 e. The van der Waals surface area contributed by atoms with E-state index in [2.05, 4.69) is 10.3 Å². The summed E-state index contributed by atoms with van der Waals surface area (Å²) in [6, 6.07) is 9.52. The van der Waals surface area contributed by atoms with Gasteiger partial charge in [-0.2, -0.15) is 0 Å². The number of ether oxygens (including phenoxy) is 1. The highest BCUT2D eigenvalue weighted by Gasteiger charge is 2.04. The zero-order valence-corrected chi connectivity index (χ0v) is 10.9. The van der Waals surface area contributed by atoms with Gasteiger partial charge in [0.15, 0.2) is 0 Å². The average Bonchev–Trinajstić information content (AvgIpc) is 2.39. The molecule has 0 bridgehead atoms. The molecule has 1 aromatic heterocycles. The summed E-state index contributed by atoms with van der Waals surface area (Å²) in [6.07, 6.45) is 3.55. The summed E-state index contributed by atoms with van der Waals surface area (Å²) in [5.74, 6) is 0.845. The van der Waals surface area contributed by atoms with E-state index in [4.69, 9.17) is 16.3 Å². The standard InChI is InChI=1S/C14H15ClN2O/c1-16-9-12-7-13(15)4-5-14(12)18-10-11-3-2-6-17-8-11/h2-8,16H,9-10H2,1H3. The number of nitrogens with zero attached hydrogens (tertiary/aromatic N) is 1. The van der Waals surface area contributed by atoms with Crippen LogP contribution in [0.3, 0.4) is 0 Å². The largest absolute Gasteiger partial charge is 0.489 e. The van der Waals surface area contributed by atoms with Crippen LogP contribution in [0, 0.1) is 0 Å². The van der Waals surface area contributed by atoms with Gasteiger partial charge in [0.05, 0.1) is 0 Å². The molecule has 94 valence electrons. The maximum absolute atomic E-state index is 5.98. The molecule has 0 unspecified atom stereocenters. The van der Waals surface area contributed by atoms with Gasteiger partial charge in [0, 0.05) is 35.1 Å². The van der Waals surface area contributed by atoms with Crippen LogP contribution in [0.25, 0.3) is 0 Å². The van der Waals surface area contributed by atoms with E-state index in [0.717, 1.165) is 23.4 Å². The van der Waals surface area contributed by atoms with Gasteiger partial charge in [-0.15, -0.1) is 0 Å². The number of pyridine rings is 1. The summed E-state index contributed by atoms with van der Waals surface area (Å²) >= 11 is 5.98. The SMILES string of the molecule is CNCc1cc(Cl)ccc1OCc1cccnc1. The van der Waals surface area contributed by atoms with Crippen LogP contribution in [0.1, 0.15) is 11.1 Å². The van der Waals surface area contributed by atoms with Crippen molar-refractivity contribution < 1.29 is 4.74 Å². The Labute approximate surface area is 112 Å². The van der Waals surface area contributed by atoms with Gasteiger partial charge >= 0.3 is 0 Å². The normalized spacial score (nSPS) is 10.3. The van der Waals surface area contributed by atoms with Gasteiger partial charge < -0.3 is 10.1 Å². The van der Waals surface area contributed by atoms with Crippen molar-refractivity contribution in [2.75, 3.05) is 7.05 Å². The molecule has 1 heterocycles. The van der Waals surface area contributed by atoms with Crippen molar-refractivity contribution in [1.82, 2.24) is 10.3 Å². The summed E-state index contributed by atoms with van der Waals surface area (Å²) in [4.78, 5) is 4.06. The molecule has 1 N–H and O–H groups in total. The predicted molar refractivity (Wildman–Crippen MR) is 72.8 cm³/mol. The average molecular weight is 263 g/mol. The number of nitrogens with one attached hydrogen (secondary N) is 1. The predicted octanol–water partition coefficient (Wildman–Crippen LogP) is 3.03. The van der Waals surface area contributed by atoms with Crippen molar-refractivity contribution in [3.05, 3.63) is 58.9 Å². The number of rotatable bonds is 5. The minimum absolute atomic E-state index is 0.506. The van der Waals surface area contributed by atoms with E-state index in [1.54, 1.807) is 12.4 Å². The summed E-state index contributed by atoms with van der Waals surface area (Å²) in [6.45, 7) is 1.23. The lowest BCUT2D eigenvalue weighted by molar-refractivity contribution is 0.302. The van der Waals surface area contributed by atoms with E-state index in [1.165, 1.54) is 0 Å². The highest BCUT2D eigenvalue weighted by Crippen LogP contribution is 2.23. The van der Waals surface area contributed by atoms with Crippen LogP contribution in [-0.2, 0) is 13.2 Å². The third kappa shape index (κ3) is 3.45. The Hall–Kier alpha value is -1.58. The van der Waals surface area contributed by atoms with Gasteiger partial charge in [-0.25, -0.2) is 0 Å². The van der Waals surface area contributed by atoms with E-state index in [1.807, 2.05) is 37.4 Å². The molecule has 0 amide bonds. The van der Waals surface area contributed by atoms with Gasteiger partial charge in [-0.3, -0.25) is 4.98 Å². The van der Waals surface area contributed by atoms with Crippen LogP contribution in [0.2, 0.25) is 5.02 Å². The molecule has 0 saturated heterocycles. The van der Waals surface area contributed by atoms with Gasteiger partial charge in [-0.05, 0) is 31.3 Å². The molecule has 3 nitrogen and oxygen atoms in total.